The van der Waals surface area contributed by atoms with Crippen LogP contribution in [0.4, 0.5) is 18.9 Å². The molecule has 0 aliphatic carbocycles. The number of thiophene rings is 1. The van der Waals surface area contributed by atoms with Gasteiger partial charge in [-0.25, -0.2) is 9.78 Å². The van der Waals surface area contributed by atoms with E-state index in [4.69, 9.17) is 10.3 Å². The van der Waals surface area contributed by atoms with E-state index in [1.807, 2.05) is 0 Å². The summed E-state index contributed by atoms with van der Waals surface area (Å²) in [5.41, 5.74) is 4.34. The van der Waals surface area contributed by atoms with Crippen LogP contribution in [0.15, 0.2) is 45.7 Å². The summed E-state index contributed by atoms with van der Waals surface area (Å²) in [6.45, 7) is 1.45. The number of aromatic amines is 1. The predicted octanol–water partition coefficient (Wildman–Crippen LogP) is 2.99. The number of ketones is 1. The average molecular weight is 421 g/mol. The third-order valence-corrected chi connectivity index (χ3v) is 5.37. The topological polar surface area (TPSA) is 106 Å². The third-order valence-electron chi connectivity index (χ3n) is 4.27. The van der Waals surface area contributed by atoms with Crippen LogP contribution in [0.2, 0.25) is 0 Å². The molecule has 3 N–H and O–H groups in total. The molecule has 0 amide bonds. The number of aromatic nitrogens is 3. The van der Waals surface area contributed by atoms with Gasteiger partial charge in [0.2, 0.25) is 5.69 Å². The summed E-state index contributed by atoms with van der Waals surface area (Å²) >= 11 is 0.694. The van der Waals surface area contributed by atoms with Crippen molar-refractivity contribution in [1.82, 2.24) is 10.3 Å². The maximum Gasteiger partial charge on any atom is 0.439 e. The first-order chi connectivity index (χ1) is 13.7. The minimum absolute atomic E-state index is 0.0334. The number of benzene rings is 1. The number of anilines is 1. The molecule has 0 bridgehead atoms. The van der Waals surface area contributed by atoms with Crippen molar-refractivity contribution in [1.29, 1.82) is 0 Å². The second-order valence-corrected chi connectivity index (χ2v) is 7.18. The first-order valence-corrected chi connectivity index (χ1v) is 9.00. The molecule has 7 nitrogen and oxygen atoms in total. The summed E-state index contributed by atoms with van der Waals surface area (Å²) in [5, 5.41) is 2.59. The van der Waals surface area contributed by atoms with Crippen LogP contribution < -0.4 is 16.0 Å². The number of H-pyrrole nitrogens is 1. The van der Waals surface area contributed by atoms with Crippen LogP contribution in [-0.2, 0) is 6.18 Å². The number of nitrogens with zero attached hydrogens (tertiary/aromatic N) is 2. The standard InChI is InChI=1S/C18H11F3N4O3S/c1-8-7-10(18(19,20)21)23-16-11(8)12(22)15(29-16)14(26)13-17(27)28-24-25(13)9-5-3-2-4-6-9/h2-7H,1H3,(H2-,22,24,26,27)/p+1. The van der Waals surface area contributed by atoms with Crippen LogP contribution in [0.25, 0.3) is 15.9 Å². The summed E-state index contributed by atoms with van der Waals surface area (Å²) < 4.78 is 45.1. The quantitative estimate of drug-likeness (QED) is 0.391. The number of aryl methyl sites for hydroxylation is 1. The van der Waals surface area contributed by atoms with Crippen LogP contribution in [-0.4, -0.2) is 16.0 Å². The Morgan fingerprint density at radius 1 is 1.28 bits per heavy atom. The number of halogens is 3. The Hall–Kier alpha value is -3.47. The highest BCUT2D eigenvalue weighted by atomic mass is 32.1. The highest BCUT2D eigenvalue weighted by Crippen LogP contribution is 2.38. The highest BCUT2D eigenvalue weighted by molar-refractivity contribution is 7.21. The van der Waals surface area contributed by atoms with Crippen LogP contribution >= 0.6 is 11.3 Å². The second kappa shape index (κ2) is 6.55. The first-order valence-electron chi connectivity index (χ1n) is 8.19. The lowest BCUT2D eigenvalue weighted by molar-refractivity contribution is -0.672. The number of pyridine rings is 1. The molecule has 0 spiro atoms. The molecule has 0 atom stereocenters. The number of hydrogen-bond acceptors (Lipinski definition) is 6. The van der Waals surface area contributed by atoms with Gasteiger partial charge in [0.1, 0.15) is 15.4 Å². The number of nitrogens with one attached hydrogen (secondary N) is 1. The summed E-state index contributed by atoms with van der Waals surface area (Å²) in [6.07, 6.45) is -4.64. The van der Waals surface area contributed by atoms with Gasteiger partial charge in [0.25, 0.3) is 5.78 Å². The van der Waals surface area contributed by atoms with E-state index < -0.39 is 23.3 Å². The molecule has 4 aromatic rings. The molecule has 0 fully saturated rings. The van der Waals surface area contributed by atoms with Crippen molar-refractivity contribution in [2.75, 3.05) is 5.73 Å². The molecule has 0 aliphatic heterocycles. The zero-order chi connectivity index (χ0) is 20.9. The Morgan fingerprint density at radius 3 is 2.62 bits per heavy atom. The Labute approximate surface area is 164 Å². The Morgan fingerprint density at radius 2 is 1.97 bits per heavy atom. The number of fused-ring (bicyclic) bond motifs is 1. The number of carbonyl (C=O) groups excluding carboxylic acids is 1. The Kier molecular flexibility index (Phi) is 4.26. The van der Waals surface area contributed by atoms with Gasteiger partial charge in [-0.15, -0.1) is 11.3 Å². The Balaban J connectivity index is 1.90. The number of carbonyl (C=O) groups is 1. The van der Waals surface area contributed by atoms with E-state index in [0.29, 0.717) is 17.0 Å². The maximum absolute atomic E-state index is 13.1. The van der Waals surface area contributed by atoms with Crippen molar-refractivity contribution < 1.29 is 27.2 Å². The third kappa shape index (κ3) is 3.09. The number of rotatable bonds is 3. The molecule has 3 aromatic heterocycles. The van der Waals surface area contributed by atoms with Gasteiger partial charge in [-0.05, 0) is 28.5 Å². The van der Waals surface area contributed by atoms with E-state index in [9.17, 15) is 22.8 Å². The minimum atomic E-state index is -4.64. The summed E-state index contributed by atoms with van der Waals surface area (Å²) in [4.78, 5) is 28.7. The van der Waals surface area contributed by atoms with Crippen LogP contribution in [0.1, 0.15) is 26.6 Å². The molecular formula is C18H12F3N4O3S+. The first kappa shape index (κ1) is 18.9. The number of nitrogen functional groups attached to an aromatic ring is 1. The molecule has 29 heavy (non-hydrogen) atoms. The predicted molar refractivity (Wildman–Crippen MR) is 98.1 cm³/mol. The Bertz CT molecular complexity index is 1310. The molecule has 11 heteroatoms. The van der Waals surface area contributed by atoms with Gasteiger partial charge in [-0.2, -0.15) is 13.2 Å². The molecule has 3 heterocycles. The molecule has 0 aliphatic rings. The molecule has 0 saturated carbocycles. The van der Waals surface area contributed by atoms with Crippen molar-refractivity contribution >= 4 is 33.0 Å². The van der Waals surface area contributed by atoms with Crippen LogP contribution in [0.5, 0.6) is 0 Å². The monoisotopic (exact) mass is 421 g/mol. The number of nitrogens with two attached hydrogens (primary N) is 1. The molecule has 4 rings (SSSR count). The lowest BCUT2D eigenvalue weighted by atomic mass is 10.1. The van der Waals surface area contributed by atoms with E-state index in [0.717, 1.165) is 10.7 Å². The number of para-hydroxylation sites is 1. The summed E-state index contributed by atoms with van der Waals surface area (Å²) in [6, 6.07) is 9.29. The van der Waals surface area contributed by atoms with E-state index in [1.165, 1.54) is 6.92 Å². The smallest absolute Gasteiger partial charge is 0.397 e. The normalized spacial score (nSPS) is 11.9. The molecule has 0 radical (unpaired) electrons. The van der Waals surface area contributed by atoms with Crippen molar-refractivity contribution in [3.63, 3.8) is 0 Å². The van der Waals surface area contributed by atoms with Gasteiger partial charge in [0, 0.05) is 17.5 Å². The van der Waals surface area contributed by atoms with Gasteiger partial charge in [0.15, 0.2) is 0 Å². The number of alkyl halides is 3. The van der Waals surface area contributed by atoms with E-state index in [1.54, 1.807) is 30.3 Å². The fourth-order valence-corrected chi connectivity index (χ4v) is 4.07. The lowest BCUT2D eigenvalue weighted by Crippen LogP contribution is -2.41. The lowest BCUT2D eigenvalue weighted by Gasteiger charge is -2.07. The highest BCUT2D eigenvalue weighted by Gasteiger charge is 2.37. The van der Waals surface area contributed by atoms with Crippen LogP contribution in [0, 0.1) is 6.92 Å². The number of hydrogen-bond donors (Lipinski definition) is 2. The minimum Gasteiger partial charge on any atom is -0.397 e. The van der Waals surface area contributed by atoms with E-state index in [2.05, 4.69) is 10.3 Å². The van der Waals surface area contributed by atoms with E-state index in [-0.39, 0.29) is 32.0 Å². The fourth-order valence-electron chi connectivity index (χ4n) is 2.96. The zero-order valence-corrected chi connectivity index (χ0v) is 15.5. The van der Waals surface area contributed by atoms with Gasteiger partial charge in [0.05, 0.1) is 5.69 Å². The van der Waals surface area contributed by atoms with Gasteiger partial charge >= 0.3 is 17.5 Å². The van der Waals surface area contributed by atoms with Gasteiger partial charge in [-0.1, -0.05) is 18.2 Å². The molecule has 1 aromatic carbocycles. The molecule has 0 unspecified atom stereocenters. The average Bonchev–Trinajstić information content (AvgIpc) is 3.22. The van der Waals surface area contributed by atoms with Crippen molar-refractivity contribution in [3.8, 4) is 5.69 Å². The largest absolute Gasteiger partial charge is 0.439 e. The van der Waals surface area contributed by atoms with E-state index >= 15 is 0 Å². The molecule has 0 saturated heterocycles. The van der Waals surface area contributed by atoms with Crippen molar-refractivity contribution in [2.24, 2.45) is 0 Å². The summed E-state index contributed by atoms with van der Waals surface area (Å²) in [5.74, 6) is -0.780. The SMILES string of the molecule is Cc1cc(C(F)(F)F)nc2sc(C(=O)c3c(=O)o[nH][n+]3-c3ccccc3)c(N)c12. The molecule has 148 valence electrons. The fraction of sp³-hybridized carbons (Fsp3) is 0.111. The molecular weight excluding hydrogens is 409 g/mol. The van der Waals surface area contributed by atoms with Crippen molar-refractivity contribution in [3.05, 3.63) is 68.6 Å². The zero-order valence-electron chi connectivity index (χ0n) is 14.7. The van der Waals surface area contributed by atoms with Gasteiger partial charge < -0.3 is 5.73 Å². The van der Waals surface area contributed by atoms with Crippen molar-refractivity contribution in [2.45, 2.75) is 13.1 Å². The van der Waals surface area contributed by atoms with Crippen LogP contribution in [0.3, 0.4) is 0 Å². The summed E-state index contributed by atoms with van der Waals surface area (Å²) in [7, 11) is 0. The second-order valence-electron chi connectivity index (χ2n) is 6.18. The maximum atomic E-state index is 13.1. The van der Waals surface area contributed by atoms with Gasteiger partial charge in [-0.3, -0.25) is 9.32 Å².